The fourth-order valence-corrected chi connectivity index (χ4v) is 8.90. The van der Waals surface area contributed by atoms with E-state index in [0.29, 0.717) is 16.7 Å². The Bertz CT molecular complexity index is 2240. The fraction of sp³-hybridized carbons (Fsp3) is 0.143. The van der Waals surface area contributed by atoms with Gasteiger partial charge in [-0.05, 0) is 102 Å². The van der Waals surface area contributed by atoms with E-state index in [2.05, 4.69) is 0 Å². The second-order valence-electron chi connectivity index (χ2n) is 11.0. The standard InChI is InChI=1S/C35H28Cl3F2NO7S2/c1-47-32-11-4-25(36)18-33(32)49(43,44)13-12-23-14-24(16-30(15-23)48-29-9-7-28(40)8-10-29)21-41(20-22-2-5-27(39)6-3-22)50(45,46)34-19-26(37)17-31(38)35(34)42/h2-11,14-19,42H,12-13,20-21H2,1H3. The van der Waals surface area contributed by atoms with Crippen LogP contribution in [0, 0.1) is 11.6 Å². The van der Waals surface area contributed by atoms with E-state index in [1.807, 2.05) is 0 Å². The molecule has 50 heavy (non-hydrogen) atoms. The van der Waals surface area contributed by atoms with Crippen LogP contribution >= 0.6 is 34.8 Å². The smallest absolute Gasteiger partial charge is 0.247 e. The summed E-state index contributed by atoms with van der Waals surface area (Å²) in [6.45, 7) is -0.598. The van der Waals surface area contributed by atoms with Crippen molar-refractivity contribution in [2.45, 2.75) is 29.3 Å². The van der Waals surface area contributed by atoms with Gasteiger partial charge in [0.2, 0.25) is 10.0 Å². The second kappa shape index (κ2) is 15.5. The number of sulfone groups is 1. The van der Waals surface area contributed by atoms with Gasteiger partial charge in [-0.15, -0.1) is 0 Å². The Labute approximate surface area is 303 Å². The summed E-state index contributed by atoms with van der Waals surface area (Å²) >= 11 is 18.3. The molecule has 0 amide bonds. The molecule has 0 saturated carbocycles. The van der Waals surface area contributed by atoms with E-state index in [9.17, 15) is 30.7 Å². The maximum absolute atomic E-state index is 14.1. The number of hydrogen-bond acceptors (Lipinski definition) is 7. The van der Waals surface area contributed by atoms with Gasteiger partial charge in [-0.25, -0.2) is 25.6 Å². The summed E-state index contributed by atoms with van der Waals surface area (Å²) in [6, 6.07) is 21.6. The molecule has 15 heteroatoms. The molecule has 0 aliphatic rings. The molecule has 5 aromatic carbocycles. The molecule has 5 rings (SSSR count). The zero-order chi connectivity index (χ0) is 36.2. The highest BCUT2D eigenvalue weighted by Gasteiger charge is 2.30. The molecule has 0 heterocycles. The van der Waals surface area contributed by atoms with Crippen LogP contribution in [0.1, 0.15) is 16.7 Å². The van der Waals surface area contributed by atoms with Gasteiger partial charge in [0.1, 0.15) is 38.7 Å². The summed E-state index contributed by atoms with van der Waals surface area (Å²) in [7, 11) is -7.13. The van der Waals surface area contributed by atoms with Crippen LogP contribution in [-0.4, -0.2) is 39.1 Å². The molecule has 0 saturated heterocycles. The molecular weight excluding hydrogens is 755 g/mol. The molecule has 0 aliphatic carbocycles. The second-order valence-corrected chi connectivity index (χ2v) is 16.3. The zero-order valence-electron chi connectivity index (χ0n) is 26.1. The Balaban J connectivity index is 1.56. The van der Waals surface area contributed by atoms with Crippen LogP contribution in [0.5, 0.6) is 23.0 Å². The number of halogens is 5. The van der Waals surface area contributed by atoms with E-state index in [0.717, 1.165) is 10.4 Å². The Hall–Kier alpha value is -3.91. The Morgan fingerprint density at radius 3 is 1.94 bits per heavy atom. The highest BCUT2D eigenvalue weighted by molar-refractivity contribution is 7.91. The fourth-order valence-electron chi connectivity index (χ4n) is 5.02. The Kier molecular flexibility index (Phi) is 11.6. The van der Waals surface area contributed by atoms with Crippen molar-refractivity contribution in [3.8, 4) is 23.0 Å². The third kappa shape index (κ3) is 9.05. The van der Waals surface area contributed by atoms with Crippen LogP contribution in [0.2, 0.25) is 15.1 Å². The van der Waals surface area contributed by atoms with E-state index < -0.39 is 42.1 Å². The molecule has 262 valence electrons. The molecule has 0 fully saturated rings. The lowest BCUT2D eigenvalue weighted by molar-refractivity contribution is 0.393. The van der Waals surface area contributed by atoms with Crippen LogP contribution in [0.4, 0.5) is 8.78 Å². The van der Waals surface area contributed by atoms with Crippen molar-refractivity contribution in [3.63, 3.8) is 0 Å². The van der Waals surface area contributed by atoms with Crippen LogP contribution in [0.15, 0.2) is 107 Å². The first kappa shape index (κ1) is 37.3. The van der Waals surface area contributed by atoms with Crippen molar-refractivity contribution in [2.24, 2.45) is 0 Å². The maximum atomic E-state index is 14.1. The number of sulfonamides is 1. The van der Waals surface area contributed by atoms with E-state index >= 15 is 0 Å². The van der Waals surface area contributed by atoms with Crippen LogP contribution < -0.4 is 9.47 Å². The predicted molar refractivity (Wildman–Crippen MR) is 188 cm³/mol. The predicted octanol–water partition coefficient (Wildman–Crippen LogP) is 8.84. The van der Waals surface area contributed by atoms with Gasteiger partial charge in [0, 0.05) is 23.1 Å². The molecule has 0 unspecified atom stereocenters. The quantitative estimate of drug-likeness (QED) is 0.127. The Morgan fingerprint density at radius 1 is 0.680 bits per heavy atom. The lowest BCUT2D eigenvalue weighted by Gasteiger charge is -2.24. The van der Waals surface area contributed by atoms with Gasteiger partial charge in [0.15, 0.2) is 15.6 Å². The third-order valence-corrected chi connectivity index (χ3v) is 11.7. The molecule has 0 spiro atoms. The summed E-state index contributed by atoms with van der Waals surface area (Å²) < 4.78 is 94.8. The van der Waals surface area contributed by atoms with Gasteiger partial charge < -0.3 is 14.6 Å². The summed E-state index contributed by atoms with van der Waals surface area (Å²) in [5.41, 5.74) is 1.23. The minimum atomic E-state index is -4.54. The average molecular weight is 783 g/mol. The number of ether oxygens (including phenoxy) is 2. The number of aromatic hydroxyl groups is 1. The third-order valence-electron chi connectivity index (χ3n) is 7.44. The van der Waals surface area contributed by atoms with Gasteiger partial charge in [0.05, 0.1) is 17.9 Å². The van der Waals surface area contributed by atoms with E-state index in [1.165, 1.54) is 79.9 Å². The monoisotopic (exact) mass is 781 g/mol. The van der Waals surface area contributed by atoms with E-state index in [4.69, 9.17) is 44.3 Å². The van der Waals surface area contributed by atoms with E-state index in [1.54, 1.807) is 18.2 Å². The summed E-state index contributed by atoms with van der Waals surface area (Å²) in [5, 5.41) is 10.6. The average Bonchev–Trinajstić information content (AvgIpc) is 3.07. The van der Waals surface area contributed by atoms with Crippen LogP contribution in [0.3, 0.4) is 0 Å². The molecular formula is C35H28Cl3F2NO7S2. The molecule has 1 N–H and O–H groups in total. The number of benzene rings is 5. The largest absolute Gasteiger partial charge is 0.505 e. The van der Waals surface area contributed by atoms with Gasteiger partial charge in [0.25, 0.3) is 0 Å². The zero-order valence-corrected chi connectivity index (χ0v) is 30.0. The number of methoxy groups -OCH3 is 1. The first-order chi connectivity index (χ1) is 23.6. The van der Waals surface area contributed by atoms with Crippen LogP contribution in [-0.2, 0) is 39.4 Å². The number of hydrogen-bond donors (Lipinski definition) is 1. The molecule has 0 atom stereocenters. The molecule has 0 radical (unpaired) electrons. The van der Waals surface area contributed by atoms with Gasteiger partial charge in [-0.2, -0.15) is 4.31 Å². The molecule has 0 aliphatic heterocycles. The van der Waals surface area contributed by atoms with Gasteiger partial charge in [-0.3, -0.25) is 0 Å². The topological polar surface area (TPSA) is 110 Å². The lowest BCUT2D eigenvalue weighted by Crippen LogP contribution is -2.30. The minimum Gasteiger partial charge on any atom is -0.505 e. The number of phenols is 1. The number of aryl methyl sites for hydroxylation is 1. The summed E-state index contributed by atoms with van der Waals surface area (Å²) in [4.78, 5) is -0.652. The van der Waals surface area contributed by atoms with Crippen molar-refractivity contribution < 1.29 is 40.2 Å². The van der Waals surface area contributed by atoms with Crippen LogP contribution in [0.25, 0.3) is 0 Å². The Morgan fingerprint density at radius 2 is 1.28 bits per heavy atom. The maximum Gasteiger partial charge on any atom is 0.247 e. The van der Waals surface area contributed by atoms with Crippen molar-refractivity contribution in [1.82, 2.24) is 4.31 Å². The van der Waals surface area contributed by atoms with Crippen molar-refractivity contribution >= 4 is 54.7 Å². The summed E-state index contributed by atoms with van der Waals surface area (Å²) in [5.74, 6) is -1.52. The first-order valence-electron chi connectivity index (χ1n) is 14.7. The molecule has 0 bridgehead atoms. The normalized spacial score (nSPS) is 11.9. The van der Waals surface area contributed by atoms with Crippen molar-refractivity contribution in [2.75, 3.05) is 12.9 Å². The van der Waals surface area contributed by atoms with Crippen molar-refractivity contribution in [3.05, 3.63) is 140 Å². The molecule has 5 aromatic rings. The number of phenolic OH excluding ortho intramolecular Hbond substituents is 1. The summed E-state index contributed by atoms with van der Waals surface area (Å²) in [6.07, 6.45) is -0.0407. The number of rotatable bonds is 13. The van der Waals surface area contributed by atoms with Gasteiger partial charge in [-0.1, -0.05) is 53.0 Å². The lowest BCUT2D eigenvalue weighted by atomic mass is 10.1. The molecule has 0 aromatic heterocycles. The minimum absolute atomic E-state index is 0.0392. The SMILES string of the molecule is COc1ccc(Cl)cc1S(=O)(=O)CCc1cc(CN(Cc2ccc(F)cc2)S(=O)(=O)c2cc(Cl)cc(Cl)c2O)cc(Oc2ccc(F)cc2)c1. The highest BCUT2D eigenvalue weighted by Crippen LogP contribution is 2.37. The molecule has 8 nitrogen and oxygen atoms in total. The number of nitrogens with zero attached hydrogens (tertiary/aromatic N) is 1. The van der Waals surface area contributed by atoms with Gasteiger partial charge >= 0.3 is 0 Å². The van der Waals surface area contributed by atoms with E-state index in [-0.39, 0.29) is 62.5 Å². The highest BCUT2D eigenvalue weighted by atomic mass is 35.5. The first-order valence-corrected chi connectivity index (χ1v) is 18.9. The van der Waals surface area contributed by atoms with Crippen molar-refractivity contribution in [1.29, 1.82) is 0 Å².